The largest absolute Gasteiger partial charge is 0.467 e. The molecule has 2 rings (SSSR count). The highest BCUT2D eigenvalue weighted by atomic mass is 32.1. The van der Waals surface area contributed by atoms with Crippen molar-refractivity contribution in [1.82, 2.24) is 15.6 Å². The molecule has 0 bridgehead atoms. The number of aliphatic hydroxyl groups is 1. The van der Waals surface area contributed by atoms with E-state index in [0.717, 1.165) is 10.7 Å². The standard InChI is InChI=1S/C16H23N3O3S/c1-10(14-19-13(9-23-14)16(2,3)4)18-15(21)17-8-11(20)12-6-5-7-22-12/h5-7,9-11,20H,8H2,1-4H3,(H2,17,18,21). The van der Waals surface area contributed by atoms with Crippen LogP contribution in [0.15, 0.2) is 28.2 Å². The summed E-state index contributed by atoms with van der Waals surface area (Å²) in [5.74, 6) is 0.424. The molecule has 0 aromatic carbocycles. The Morgan fingerprint density at radius 2 is 2.22 bits per heavy atom. The van der Waals surface area contributed by atoms with Crippen molar-refractivity contribution in [3.05, 3.63) is 40.2 Å². The van der Waals surface area contributed by atoms with E-state index in [4.69, 9.17) is 4.42 Å². The van der Waals surface area contributed by atoms with Crippen LogP contribution in [-0.2, 0) is 5.41 Å². The molecule has 0 aliphatic heterocycles. The van der Waals surface area contributed by atoms with Gasteiger partial charge in [-0.1, -0.05) is 20.8 Å². The zero-order valence-electron chi connectivity index (χ0n) is 13.8. The zero-order valence-corrected chi connectivity index (χ0v) is 14.6. The number of hydrogen-bond acceptors (Lipinski definition) is 5. The van der Waals surface area contributed by atoms with Gasteiger partial charge >= 0.3 is 6.03 Å². The molecule has 2 unspecified atom stereocenters. The number of urea groups is 1. The molecule has 0 saturated heterocycles. The van der Waals surface area contributed by atoms with Gasteiger partial charge in [0, 0.05) is 10.8 Å². The number of nitrogens with zero attached hydrogens (tertiary/aromatic N) is 1. The van der Waals surface area contributed by atoms with E-state index in [2.05, 4.69) is 36.4 Å². The number of thiazole rings is 1. The van der Waals surface area contributed by atoms with Crippen LogP contribution >= 0.6 is 11.3 Å². The molecule has 2 aromatic rings. The van der Waals surface area contributed by atoms with E-state index in [9.17, 15) is 9.90 Å². The van der Waals surface area contributed by atoms with Crippen LogP contribution < -0.4 is 10.6 Å². The molecule has 0 aliphatic rings. The van der Waals surface area contributed by atoms with Crippen LogP contribution in [0.3, 0.4) is 0 Å². The Kier molecular flexibility index (Phi) is 5.43. The number of hydrogen-bond donors (Lipinski definition) is 3. The van der Waals surface area contributed by atoms with Crippen LogP contribution in [0.1, 0.15) is 56.3 Å². The van der Waals surface area contributed by atoms with Gasteiger partial charge in [-0.2, -0.15) is 0 Å². The van der Waals surface area contributed by atoms with Gasteiger partial charge in [-0.25, -0.2) is 9.78 Å². The summed E-state index contributed by atoms with van der Waals surface area (Å²) in [6.45, 7) is 8.27. The first kappa shape index (κ1) is 17.5. The average Bonchev–Trinajstić information content (AvgIpc) is 3.14. The summed E-state index contributed by atoms with van der Waals surface area (Å²) in [6, 6.07) is 2.80. The van der Waals surface area contributed by atoms with Crippen molar-refractivity contribution in [3.8, 4) is 0 Å². The fourth-order valence-corrected chi connectivity index (χ4v) is 2.96. The second kappa shape index (κ2) is 7.14. The SMILES string of the molecule is CC(NC(=O)NCC(O)c1ccco1)c1nc(C(C)(C)C)cs1. The fourth-order valence-electron chi connectivity index (χ4n) is 1.91. The third-order valence-electron chi connectivity index (χ3n) is 3.34. The van der Waals surface area contributed by atoms with Gasteiger partial charge in [0.05, 0.1) is 24.5 Å². The van der Waals surface area contributed by atoms with Gasteiger partial charge in [-0.05, 0) is 19.1 Å². The molecule has 2 heterocycles. The molecule has 2 amide bonds. The maximum absolute atomic E-state index is 11.9. The number of nitrogens with one attached hydrogen (secondary N) is 2. The fraction of sp³-hybridized carbons (Fsp3) is 0.500. The van der Waals surface area contributed by atoms with E-state index in [0.29, 0.717) is 5.76 Å². The number of amides is 2. The smallest absolute Gasteiger partial charge is 0.315 e. The second-order valence-electron chi connectivity index (χ2n) is 6.43. The molecule has 0 spiro atoms. The van der Waals surface area contributed by atoms with Crippen LogP contribution in [0.4, 0.5) is 4.79 Å². The summed E-state index contributed by atoms with van der Waals surface area (Å²) in [5, 5.41) is 18.2. The van der Waals surface area contributed by atoms with Crippen molar-refractivity contribution in [2.24, 2.45) is 0 Å². The zero-order chi connectivity index (χ0) is 17.0. The van der Waals surface area contributed by atoms with Gasteiger partial charge in [0.2, 0.25) is 0 Å². The Labute approximate surface area is 139 Å². The van der Waals surface area contributed by atoms with Crippen molar-refractivity contribution < 1.29 is 14.3 Å². The molecular weight excluding hydrogens is 314 g/mol. The molecule has 126 valence electrons. The number of aliphatic hydroxyl groups excluding tert-OH is 1. The lowest BCUT2D eigenvalue weighted by molar-refractivity contribution is 0.147. The summed E-state index contributed by atoms with van der Waals surface area (Å²) in [4.78, 5) is 16.5. The molecule has 0 radical (unpaired) electrons. The third kappa shape index (κ3) is 4.80. The maximum atomic E-state index is 11.9. The minimum Gasteiger partial charge on any atom is -0.467 e. The van der Waals surface area contributed by atoms with Gasteiger partial charge in [-0.3, -0.25) is 0 Å². The maximum Gasteiger partial charge on any atom is 0.315 e. The number of carbonyl (C=O) groups excluding carboxylic acids is 1. The van der Waals surface area contributed by atoms with E-state index < -0.39 is 6.10 Å². The van der Waals surface area contributed by atoms with E-state index >= 15 is 0 Å². The highest BCUT2D eigenvalue weighted by molar-refractivity contribution is 7.09. The number of carbonyl (C=O) groups is 1. The van der Waals surface area contributed by atoms with Gasteiger partial charge < -0.3 is 20.2 Å². The number of aromatic nitrogens is 1. The third-order valence-corrected chi connectivity index (χ3v) is 4.36. The Bertz CT molecular complexity index is 631. The van der Waals surface area contributed by atoms with Crippen LogP contribution in [0.25, 0.3) is 0 Å². The number of rotatable bonds is 5. The van der Waals surface area contributed by atoms with Crippen LogP contribution in [0, 0.1) is 0 Å². The summed E-state index contributed by atoms with van der Waals surface area (Å²) >= 11 is 1.53. The van der Waals surface area contributed by atoms with Crippen molar-refractivity contribution in [2.75, 3.05) is 6.54 Å². The van der Waals surface area contributed by atoms with Crippen molar-refractivity contribution in [2.45, 2.75) is 45.3 Å². The van der Waals surface area contributed by atoms with Crippen molar-refractivity contribution >= 4 is 17.4 Å². The highest BCUT2D eigenvalue weighted by Crippen LogP contribution is 2.26. The first-order valence-corrected chi connectivity index (χ1v) is 8.37. The van der Waals surface area contributed by atoms with E-state index in [1.165, 1.54) is 17.6 Å². The normalized spacial score (nSPS) is 14.3. The predicted molar refractivity (Wildman–Crippen MR) is 89.4 cm³/mol. The summed E-state index contributed by atoms with van der Waals surface area (Å²) < 4.78 is 5.08. The summed E-state index contributed by atoms with van der Waals surface area (Å²) in [7, 11) is 0. The predicted octanol–water partition coefficient (Wildman–Crippen LogP) is 3.13. The van der Waals surface area contributed by atoms with E-state index in [-0.39, 0.29) is 24.0 Å². The Hall–Kier alpha value is -1.86. The first-order valence-electron chi connectivity index (χ1n) is 7.49. The molecule has 0 saturated carbocycles. The minimum absolute atomic E-state index is 0.0100. The Morgan fingerprint density at radius 3 is 2.78 bits per heavy atom. The van der Waals surface area contributed by atoms with Gasteiger partial charge in [0.15, 0.2) is 0 Å². The minimum atomic E-state index is -0.863. The lowest BCUT2D eigenvalue weighted by atomic mass is 9.93. The van der Waals surface area contributed by atoms with Crippen molar-refractivity contribution in [1.29, 1.82) is 0 Å². The van der Waals surface area contributed by atoms with Gasteiger partial charge in [0.25, 0.3) is 0 Å². The summed E-state index contributed by atoms with van der Waals surface area (Å²) in [5.41, 5.74) is 1.00. The van der Waals surface area contributed by atoms with Crippen LogP contribution in [0.5, 0.6) is 0 Å². The lowest BCUT2D eigenvalue weighted by Crippen LogP contribution is -2.39. The molecule has 23 heavy (non-hydrogen) atoms. The lowest BCUT2D eigenvalue weighted by Gasteiger charge is -2.16. The topological polar surface area (TPSA) is 87.4 Å². The molecule has 7 heteroatoms. The van der Waals surface area contributed by atoms with Gasteiger partial charge in [0.1, 0.15) is 16.9 Å². The molecule has 2 aromatic heterocycles. The molecular formula is C16H23N3O3S. The molecule has 2 atom stereocenters. The molecule has 0 fully saturated rings. The van der Waals surface area contributed by atoms with Crippen molar-refractivity contribution in [3.63, 3.8) is 0 Å². The molecule has 6 nitrogen and oxygen atoms in total. The van der Waals surface area contributed by atoms with E-state index in [1.807, 2.05) is 12.3 Å². The first-order chi connectivity index (χ1) is 10.8. The number of furan rings is 1. The van der Waals surface area contributed by atoms with Crippen LogP contribution in [0.2, 0.25) is 0 Å². The Balaban J connectivity index is 1.84. The Morgan fingerprint density at radius 1 is 1.48 bits per heavy atom. The highest BCUT2D eigenvalue weighted by Gasteiger charge is 2.20. The quantitative estimate of drug-likeness (QED) is 0.782. The molecule has 0 aliphatic carbocycles. The van der Waals surface area contributed by atoms with Crippen LogP contribution in [-0.4, -0.2) is 22.7 Å². The monoisotopic (exact) mass is 337 g/mol. The molecule has 3 N–H and O–H groups in total. The van der Waals surface area contributed by atoms with E-state index in [1.54, 1.807) is 12.1 Å². The summed E-state index contributed by atoms with van der Waals surface area (Å²) in [6.07, 6.45) is 0.620. The van der Waals surface area contributed by atoms with Gasteiger partial charge in [-0.15, -0.1) is 11.3 Å². The average molecular weight is 337 g/mol. The second-order valence-corrected chi connectivity index (χ2v) is 7.32.